The van der Waals surface area contributed by atoms with Gasteiger partial charge in [0.15, 0.2) is 0 Å². The highest BCUT2D eigenvalue weighted by Crippen LogP contribution is 2.50. The van der Waals surface area contributed by atoms with Gasteiger partial charge in [0, 0.05) is 6.92 Å². The average molecular weight is 210 g/mol. The summed E-state index contributed by atoms with van der Waals surface area (Å²) < 4.78 is 10.6. The van der Waals surface area contributed by atoms with Crippen molar-refractivity contribution in [2.75, 3.05) is 6.61 Å². The third-order valence-corrected chi connectivity index (χ3v) is 3.56. The molecule has 84 valence electrons. The summed E-state index contributed by atoms with van der Waals surface area (Å²) in [5.41, 5.74) is 1.18. The number of esters is 1. The van der Waals surface area contributed by atoms with E-state index in [-0.39, 0.29) is 11.6 Å². The van der Waals surface area contributed by atoms with Crippen LogP contribution in [0.1, 0.15) is 33.1 Å². The fourth-order valence-corrected chi connectivity index (χ4v) is 2.33. The molecule has 2 fully saturated rings. The van der Waals surface area contributed by atoms with Crippen molar-refractivity contribution in [1.82, 2.24) is 0 Å². The van der Waals surface area contributed by atoms with Crippen LogP contribution in [0.4, 0.5) is 0 Å². The van der Waals surface area contributed by atoms with E-state index < -0.39 is 0 Å². The Bertz CT molecular complexity index is 297. The zero-order valence-corrected chi connectivity index (χ0v) is 9.41. The molecule has 0 amide bonds. The van der Waals surface area contributed by atoms with Gasteiger partial charge in [-0.2, -0.15) is 0 Å². The molecule has 0 bridgehead atoms. The van der Waals surface area contributed by atoms with Gasteiger partial charge in [-0.05, 0) is 37.7 Å². The first-order valence-corrected chi connectivity index (χ1v) is 5.50. The fraction of sp³-hybridized carbons (Fsp3) is 0.750. The number of carbonyl (C=O) groups is 1. The van der Waals surface area contributed by atoms with Crippen molar-refractivity contribution >= 4 is 5.97 Å². The number of epoxide rings is 1. The maximum atomic E-state index is 10.7. The summed E-state index contributed by atoms with van der Waals surface area (Å²) >= 11 is 0. The molecular formula is C12H18O3. The minimum absolute atomic E-state index is 0.151. The Morgan fingerprint density at radius 2 is 2.40 bits per heavy atom. The summed E-state index contributed by atoms with van der Waals surface area (Å²) in [6, 6.07) is 0. The number of ether oxygens (including phenoxy) is 2. The monoisotopic (exact) mass is 210 g/mol. The molecule has 1 saturated heterocycles. The van der Waals surface area contributed by atoms with Crippen LogP contribution in [-0.2, 0) is 14.3 Å². The summed E-state index contributed by atoms with van der Waals surface area (Å²) in [5, 5.41) is 0. The second-order valence-electron chi connectivity index (χ2n) is 4.83. The standard InChI is InChI=1S/C12H18O3/c1-8(7-14-9(2)13)10-4-5-12(3)11(6-10)15-12/h10-11H,1,4-7H2,2-3H3/t10-,11?,12?/m1/s1. The Morgan fingerprint density at radius 3 is 3.00 bits per heavy atom. The van der Waals surface area contributed by atoms with Gasteiger partial charge in [-0.3, -0.25) is 4.79 Å². The molecule has 0 aromatic heterocycles. The van der Waals surface area contributed by atoms with Crippen molar-refractivity contribution < 1.29 is 14.3 Å². The predicted octanol–water partition coefficient (Wildman–Crippen LogP) is 2.06. The quantitative estimate of drug-likeness (QED) is 0.406. The predicted molar refractivity (Wildman–Crippen MR) is 56.4 cm³/mol. The summed E-state index contributed by atoms with van der Waals surface area (Å²) in [6.45, 7) is 7.95. The van der Waals surface area contributed by atoms with Crippen LogP contribution in [0, 0.1) is 5.92 Å². The van der Waals surface area contributed by atoms with Crippen molar-refractivity contribution in [3.05, 3.63) is 12.2 Å². The summed E-state index contributed by atoms with van der Waals surface area (Å²) in [6.07, 6.45) is 3.65. The topological polar surface area (TPSA) is 38.8 Å². The highest BCUT2D eigenvalue weighted by Gasteiger charge is 2.55. The molecule has 1 aliphatic carbocycles. The van der Waals surface area contributed by atoms with Gasteiger partial charge in [-0.1, -0.05) is 6.58 Å². The number of carbonyl (C=O) groups excluding carboxylic acids is 1. The van der Waals surface area contributed by atoms with E-state index in [1.165, 1.54) is 6.92 Å². The Balaban J connectivity index is 1.80. The smallest absolute Gasteiger partial charge is 0.302 e. The van der Waals surface area contributed by atoms with Gasteiger partial charge in [0.1, 0.15) is 6.61 Å². The van der Waals surface area contributed by atoms with E-state index in [1.54, 1.807) is 0 Å². The lowest BCUT2D eigenvalue weighted by Gasteiger charge is -2.23. The SMILES string of the molecule is C=C(COC(C)=O)[C@@H]1CCC2(C)OC2C1. The second-order valence-corrected chi connectivity index (χ2v) is 4.83. The average Bonchev–Trinajstić information content (AvgIpc) is 2.84. The van der Waals surface area contributed by atoms with Gasteiger partial charge < -0.3 is 9.47 Å². The molecule has 15 heavy (non-hydrogen) atoms. The first-order valence-electron chi connectivity index (χ1n) is 5.50. The zero-order chi connectivity index (χ0) is 11.1. The largest absolute Gasteiger partial charge is 0.461 e. The Labute approximate surface area is 90.4 Å². The van der Waals surface area contributed by atoms with Gasteiger partial charge in [-0.15, -0.1) is 0 Å². The van der Waals surface area contributed by atoms with E-state index >= 15 is 0 Å². The van der Waals surface area contributed by atoms with Gasteiger partial charge in [0.05, 0.1) is 11.7 Å². The highest BCUT2D eigenvalue weighted by atomic mass is 16.6. The Hall–Kier alpha value is -0.830. The molecule has 3 nitrogen and oxygen atoms in total. The molecular weight excluding hydrogens is 192 g/mol. The highest BCUT2D eigenvalue weighted by molar-refractivity contribution is 5.66. The Morgan fingerprint density at radius 1 is 1.67 bits per heavy atom. The summed E-state index contributed by atoms with van der Waals surface area (Å²) in [7, 11) is 0. The van der Waals surface area contributed by atoms with Crippen LogP contribution in [0.2, 0.25) is 0 Å². The van der Waals surface area contributed by atoms with E-state index in [1.807, 2.05) is 0 Å². The fourth-order valence-electron chi connectivity index (χ4n) is 2.33. The molecule has 0 aromatic carbocycles. The molecule has 0 radical (unpaired) electrons. The number of rotatable bonds is 3. The van der Waals surface area contributed by atoms with Crippen LogP contribution in [0.25, 0.3) is 0 Å². The molecule has 1 saturated carbocycles. The molecule has 2 unspecified atom stereocenters. The molecule has 3 atom stereocenters. The molecule has 0 spiro atoms. The van der Waals surface area contributed by atoms with E-state index in [0.717, 1.165) is 24.8 Å². The third kappa shape index (κ3) is 2.23. The third-order valence-electron chi connectivity index (χ3n) is 3.56. The molecule has 0 aromatic rings. The lowest BCUT2D eigenvalue weighted by atomic mass is 9.80. The minimum Gasteiger partial charge on any atom is -0.461 e. The van der Waals surface area contributed by atoms with Crippen molar-refractivity contribution in [1.29, 1.82) is 0 Å². The molecule has 2 aliphatic rings. The van der Waals surface area contributed by atoms with E-state index in [0.29, 0.717) is 18.6 Å². The van der Waals surface area contributed by atoms with Crippen LogP contribution in [0.5, 0.6) is 0 Å². The number of hydrogen-bond donors (Lipinski definition) is 0. The lowest BCUT2D eigenvalue weighted by Crippen LogP contribution is -2.23. The first-order chi connectivity index (χ1) is 7.01. The van der Waals surface area contributed by atoms with Gasteiger partial charge in [0.25, 0.3) is 0 Å². The normalized spacial score (nSPS) is 38.0. The van der Waals surface area contributed by atoms with E-state index in [2.05, 4.69) is 13.5 Å². The molecule has 0 N–H and O–H groups in total. The zero-order valence-electron chi connectivity index (χ0n) is 9.41. The van der Waals surface area contributed by atoms with Gasteiger partial charge in [0.2, 0.25) is 0 Å². The number of hydrogen-bond acceptors (Lipinski definition) is 3. The number of fused-ring (bicyclic) bond motifs is 1. The first kappa shape index (κ1) is 10.7. The van der Waals surface area contributed by atoms with E-state index in [4.69, 9.17) is 9.47 Å². The van der Waals surface area contributed by atoms with Crippen LogP contribution >= 0.6 is 0 Å². The van der Waals surface area contributed by atoms with Crippen LogP contribution in [-0.4, -0.2) is 24.3 Å². The molecule has 2 rings (SSSR count). The van der Waals surface area contributed by atoms with Crippen molar-refractivity contribution in [2.45, 2.75) is 44.8 Å². The van der Waals surface area contributed by atoms with Crippen molar-refractivity contribution in [3.63, 3.8) is 0 Å². The lowest BCUT2D eigenvalue weighted by molar-refractivity contribution is -0.140. The summed E-state index contributed by atoms with van der Waals surface area (Å²) in [4.78, 5) is 10.7. The van der Waals surface area contributed by atoms with Gasteiger partial charge >= 0.3 is 5.97 Å². The second kappa shape index (κ2) is 3.63. The van der Waals surface area contributed by atoms with Crippen molar-refractivity contribution in [2.24, 2.45) is 5.92 Å². The summed E-state index contributed by atoms with van der Waals surface area (Å²) in [5.74, 6) is 0.226. The molecule has 3 heteroatoms. The van der Waals surface area contributed by atoms with Crippen molar-refractivity contribution in [3.8, 4) is 0 Å². The maximum absolute atomic E-state index is 10.7. The maximum Gasteiger partial charge on any atom is 0.302 e. The minimum atomic E-state index is -0.237. The van der Waals surface area contributed by atoms with Crippen LogP contribution in [0.15, 0.2) is 12.2 Å². The van der Waals surface area contributed by atoms with Crippen LogP contribution < -0.4 is 0 Å². The van der Waals surface area contributed by atoms with E-state index in [9.17, 15) is 4.79 Å². The van der Waals surface area contributed by atoms with Crippen LogP contribution in [0.3, 0.4) is 0 Å². The molecule has 1 aliphatic heterocycles. The van der Waals surface area contributed by atoms with Gasteiger partial charge in [-0.25, -0.2) is 0 Å². The Kier molecular flexibility index (Phi) is 2.59. The molecule has 1 heterocycles.